The van der Waals surface area contributed by atoms with Crippen molar-refractivity contribution in [3.05, 3.63) is 12.7 Å². The Hall–Kier alpha value is -0.300. The highest BCUT2D eigenvalue weighted by Crippen LogP contribution is 2.27. The molecular formula is C8H14O. The monoisotopic (exact) mass is 126 g/mol. The zero-order valence-corrected chi connectivity index (χ0v) is 5.71. The summed E-state index contributed by atoms with van der Waals surface area (Å²) in [6.07, 6.45) is 6.19. The van der Waals surface area contributed by atoms with Crippen molar-refractivity contribution >= 4 is 0 Å². The molecule has 0 heterocycles. The quantitative estimate of drug-likeness (QED) is 0.558. The summed E-state index contributed by atoms with van der Waals surface area (Å²) < 4.78 is 0. The zero-order chi connectivity index (χ0) is 6.69. The van der Waals surface area contributed by atoms with Crippen LogP contribution in [-0.4, -0.2) is 11.2 Å². The minimum atomic E-state index is -0.0186. The van der Waals surface area contributed by atoms with Crippen molar-refractivity contribution in [2.75, 3.05) is 0 Å². The lowest BCUT2D eigenvalue weighted by Crippen LogP contribution is -1.98. The van der Waals surface area contributed by atoms with E-state index in [-0.39, 0.29) is 6.10 Å². The number of hydrogen-bond acceptors (Lipinski definition) is 1. The van der Waals surface area contributed by atoms with Gasteiger partial charge in [-0.1, -0.05) is 6.08 Å². The molecule has 2 atom stereocenters. The molecule has 52 valence electrons. The molecule has 1 saturated carbocycles. The standard InChI is InChI=1S/C8H14O/c1-2-3-7-4-5-8(9)6-7/h2,7-9H,1,3-6H2/t7-,8?/m1/s1. The van der Waals surface area contributed by atoms with Gasteiger partial charge >= 0.3 is 0 Å². The van der Waals surface area contributed by atoms with Crippen LogP contribution in [0.5, 0.6) is 0 Å². The fraction of sp³-hybridized carbons (Fsp3) is 0.750. The predicted octanol–water partition coefficient (Wildman–Crippen LogP) is 1.72. The lowest BCUT2D eigenvalue weighted by Gasteiger charge is -2.02. The molecule has 1 fully saturated rings. The van der Waals surface area contributed by atoms with Crippen LogP contribution in [0.4, 0.5) is 0 Å². The SMILES string of the molecule is C=CC[C@@H]1CCC(O)C1. The van der Waals surface area contributed by atoms with Crippen LogP contribution in [0.3, 0.4) is 0 Å². The normalized spacial score (nSPS) is 34.8. The first-order valence-electron chi connectivity index (χ1n) is 3.62. The smallest absolute Gasteiger partial charge is 0.0543 e. The van der Waals surface area contributed by atoms with Crippen molar-refractivity contribution in [1.82, 2.24) is 0 Å². The molecular weight excluding hydrogens is 112 g/mol. The van der Waals surface area contributed by atoms with E-state index in [0.29, 0.717) is 0 Å². The average Bonchev–Trinajstić information content (AvgIpc) is 2.17. The molecule has 0 bridgehead atoms. The van der Waals surface area contributed by atoms with Gasteiger partial charge in [0.15, 0.2) is 0 Å². The fourth-order valence-electron chi connectivity index (χ4n) is 1.50. The van der Waals surface area contributed by atoms with Crippen LogP contribution in [0.2, 0.25) is 0 Å². The van der Waals surface area contributed by atoms with Crippen molar-refractivity contribution in [2.45, 2.75) is 31.8 Å². The molecule has 1 N–H and O–H groups in total. The fourth-order valence-corrected chi connectivity index (χ4v) is 1.50. The molecule has 1 aliphatic carbocycles. The van der Waals surface area contributed by atoms with Crippen molar-refractivity contribution < 1.29 is 5.11 Å². The van der Waals surface area contributed by atoms with Gasteiger partial charge in [0, 0.05) is 0 Å². The number of allylic oxidation sites excluding steroid dienone is 1. The number of hydrogen-bond donors (Lipinski definition) is 1. The van der Waals surface area contributed by atoms with E-state index in [4.69, 9.17) is 5.11 Å². The molecule has 0 aromatic rings. The lowest BCUT2D eigenvalue weighted by atomic mass is 10.0. The number of aliphatic hydroxyl groups excluding tert-OH is 1. The number of aliphatic hydroxyl groups is 1. The van der Waals surface area contributed by atoms with E-state index in [0.717, 1.165) is 25.2 Å². The van der Waals surface area contributed by atoms with Crippen LogP contribution >= 0.6 is 0 Å². The van der Waals surface area contributed by atoms with E-state index in [1.54, 1.807) is 0 Å². The summed E-state index contributed by atoms with van der Waals surface area (Å²) in [5, 5.41) is 9.09. The van der Waals surface area contributed by atoms with Gasteiger partial charge in [0.1, 0.15) is 0 Å². The zero-order valence-electron chi connectivity index (χ0n) is 5.71. The van der Waals surface area contributed by atoms with Gasteiger partial charge in [-0.2, -0.15) is 0 Å². The van der Waals surface area contributed by atoms with Crippen molar-refractivity contribution in [3.8, 4) is 0 Å². The molecule has 0 spiro atoms. The highest BCUT2D eigenvalue weighted by atomic mass is 16.3. The maximum Gasteiger partial charge on any atom is 0.0543 e. The van der Waals surface area contributed by atoms with Gasteiger partial charge in [-0.25, -0.2) is 0 Å². The summed E-state index contributed by atoms with van der Waals surface area (Å²) in [5.74, 6) is 0.720. The Labute approximate surface area is 56.4 Å². The summed E-state index contributed by atoms with van der Waals surface area (Å²) in [7, 11) is 0. The summed E-state index contributed by atoms with van der Waals surface area (Å²) >= 11 is 0. The second-order valence-electron chi connectivity index (χ2n) is 2.86. The van der Waals surface area contributed by atoms with Gasteiger partial charge in [0.05, 0.1) is 6.10 Å². The Morgan fingerprint density at radius 2 is 2.33 bits per heavy atom. The first-order valence-corrected chi connectivity index (χ1v) is 3.62. The second kappa shape index (κ2) is 3.02. The molecule has 0 aliphatic heterocycles. The average molecular weight is 126 g/mol. The lowest BCUT2D eigenvalue weighted by molar-refractivity contribution is 0.178. The largest absolute Gasteiger partial charge is 0.393 e. The highest BCUT2D eigenvalue weighted by Gasteiger charge is 2.20. The third kappa shape index (κ3) is 1.83. The van der Waals surface area contributed by atoms with E-state index in [9.17, 15) is 0 Å². The van der Waals surface area contributed by atoms with Crippen molar-refractivity contribution in [3.63, 3.8) is 0 Å². The van der Waals surface area contributed by atoms with Gasteiger partial charge < -0.3 is 5.11 Å². The molecule has 0 amide bonds. The predicted molar refractivity (Wildman–Crippen MR) is 38.2 cm³/mol. The van der Waals surface area contributed by atoms with Crippen molar-refractivity contribution in [2.24, 2.45) is 5.92 Å². The summed E-state index contributed by atoms with van der Waals surface area (Å²) in [6.45, 7) is 3.67. The van der Waals surface area contributed by atoms with E-state index < -0.39 is 0 Å². The Morgan fingerprint density at radius 1 is 1.56 bits per heavy atom. The van der Waals surface area contributed by atoms with E-state index >= 15 is 0 Å². The van der Waals surface area contributed by atoms with Crippen molar-refractivity contribution in [1.29, 1.82) is 0 Å². The Morgan fingerprint density at radius 3 is 2.78 bits per heavy atom. The second-order valence-corrected chi connectivity index (χ2v) is 2.86. The molecule has 1 rings (SSSR count). The van der Waals surface area contributed by atoms with Crippen LogP contribution < -0.4 is 0 Å². The molecule has 0 saturated heterocycles. The van der Waals surface area contributed by atoms with Crippen LogP contribution in [0.1, 0.15) is 25.7 Å². The molecule has 1 nitrogen and oxygen atoms in total. The molecule has 0 aromatic heterocycles. The first-order chi connectivity index (χ1) is 4.33. The Bertz CT molecular complexity index is 98.7. The van der Waals surface area contributed by atoms with E-state index in [1.165, 1.54) is 6.42 Å². The summed E-state index contributed by atoms with van der Waals surface area (Å²) in [5.41, 5.74) is 0. The van der Waals surface area contributed by atoms with Gasteiger partial charge in [-0.15, -0.1) is 6.58 Å². The molecule has 1 aliphatic rings. The minimum Gasteiger partial charge on any atom is -0.393 e. The Kier molecular flexibility index (Phi) is 2.29. The maximum atomic E-state index is 9.09. The molecule has 0 radical (unpaired) electrons. The highest BCUT2D eigenvalue weighted by molar-refractivity contribution is 4.80. The van der Waals surface area contributed by atoms with E-state index in [1.807, 2.05) is 6.08 Å². The van der Waals surface area contributed by atoms with Gasteiger partial charge in [0.25, 0.3) is 0 Å². The summed E-state index contributed by atoms with van der Waals surface area (Å²) in [4.78, 5) is 0. The third-order valence-corrected chi connectivity index (χ3v) is 2.01. The maximum absolute atomic E-state index is 9.09. The topological polar surface area (TPSA) is 20.2 Å². The third-order valence-electron chi connectivity index (χ3n) is 2.01. The molecule has 9 heavy (non-hydrogen) atoms. The molecule has 1 unspecified atom stereocenters. The van der Waals surface area contributed by atoms with Crippen LogP contribution in [-0.2, 0) is 0 Å². The first kappa shape index (κ1) is 6.81. The number of rotatable bonds is 2. The van der Waals surface area contributed by atoms with Crippen LogP contribution in [0, 0.1) is 5.92 Å². The van der Waals surface area contributed by atoms with Crippen LogP contribution in [0.25, 0.3) is 0 Å². The van der Waals surface area contributed by atoms with Gasteiger partial charge in [-0.05, 0) is 31.6 Å². The molecule has 0 aromatic carbocycles. The van der Waals surface area contributed by atoms with Gasteiger partial charge in [0.2, 0.25) is 0 Å². The molecule has 1 heteroatoms. The Balaban J connectivity index is 2.21. The van der Waals surface area contributed by atoms with E-state index in [2.05, 4.69) is 6.58 Å². The van der Waals surface area contributed by atoms with Crippen LogP contribution in [0.15, 0.2) is 12.7 Å². The van der Waals surface area contributed by atoms with Gasteiger partial charge in [-0.3, -0.25) is 0 Å². The summed E-state index contributed by atoms with van der Waals surface area (Å²) in [6, 6.07) is 0. The minimum absolute atomic E-state index is 0.0186.